The van der Waals surface area contributed by atoms with Crippen LogP contribution in [-0.2, 0) is 0 Å². The number of nitrogens with zero attached hydrogens (tertiary/aromatic N) is 2. The average molecular weight is 325 g/mol. The maximum absolute atomic E-state index is 4.18. The Labute approximate surface area is 144 Å². The van der Waals surface area contributed by atoms with E-state index in [1.165, 1.54) is 0 Å². The molecule has 0 fully saturated rings. The van der Waals surface area contributed by atoms with E-state index in [-0.39, 0.29) is 0 Å². The van der Waals surface area contributed by atoms with Gasteiger partial charge in [0.1, 0.15) is 5.69 Å². The van der Waals surface area contributed by atoms with E-state index in [0.29, 0.717) is 6.04 Å². The quantitative estimate of drug-likeness (QED) is 0.605. The van der Waals surface area contributed by atoms with Gasteiger partial charge < -0.3 is 10.6 Å². The number of pyridine rings is 1. The van der Waals surface area contributed by atoms with E-state index in [1.54, 1.807) is 18.6 Å². The fourth-order valence-corrected chi connectivity index (χ4v) is 2.69. The summed E-state index contributed by atoms with van der Waals surface area (Å²) in [4.78, 5) is 4.12. The molecule has 0 spiro atoms. The summed E-state index contributed by atoms with van der Waals surface area (Å²) in [5.41, 5.74) is 4.28. The van der Waals surface area contributed by atoms with Crippen LogP contribution in [0, 0.1) is 0 Å². The predicted octanol–water partition coefficient (Wildman–Crippen LogP) is 4.42. The van der Waals surface area contributed by atoms with Gasteiger partial charge in [-0.3, -0.25) is 10.1 Å². The summed E-state index contributed by atoms with van der Waals surface area (Å²) in [7, 11) is 0. The zero-order valence-electron chi connectivity index (χ0n) is 14.6. The Morgan fingerprint density at radius 2 is 1.92 bits per heavy atom. The number of anilines is 1. The summed E-state index contributed by atoms with van der Waals surface area (Å²) in [6.07, 6.45) is 9.83. The van der Waals surface area contributed by atoms with E-state index < -0.39 is 0 Å². The minimum atomic E-state index is 0.435. The number of nitrogens with one attached hydrogen (secondary N) is 3. The smallest absolute Gasteiger partial charge is 0.104 e. The van der Waals surface area contributed by atoms with Crippen molar-refractivity contribution in [2.45, 2.75) is 45.6 Å². The van der Waals surface area contributed by atoms with E-state index in [0.717, 1.165) is 54.0 Å². The van der Waals surface area contributed by atoms with Crippen molar-refractivity contribution in [1.29, 1.82) is 0 Å². The molecule has 2 rings (SSSR count). The maximum atomic E-state index is 4.18. The van der Waals surface area contributed by atoms with Gasteiger partial charge in [-0.15, -0.1) is 0 Å². The highest BCUT2D eigenvalue weighted by molar-refractivity contribution is 5.80. The first-order valence-corrected chi connectivity index (χ1v) is 8.51. The second-order valence-corrected chi connectivity index (χ2v) is 5.90. The lowest BCUT2D eigenvalue weighted by Gasteiger charge is -2.20. The van der Waals surface area contributed by atoms with E-state index in [1.807, 2.05) is 12.1 Å². The van der Waals surface area contributed by atoms with Crippen LogP contribution in [-0.4, -0.2) is 21.2 Å². The Balaban J connectivity index is 2.06. The van der Waals surface area contributed by atoms with Crippen LogP contribution in [0.5, 0.6) is 0 Å². The number of aromatic amines is 1. The zero-order chi connectivity index (χ0) is 17.4. The van der Waals surface area contributed by atoms with Gasteiger partial charge in [-0.25, -0.2) is 0 Å². The molecule has 2 aromatic rings. The number of H-pyrrole nitrogens is 1. The van der Waals surface area contributed by atoms with Crippen molar-refractivity contribution in [3.05, 3.63) is 55.1 Å². The van der Waals surface area contributed by atoms with Crippen LogP contribution in [0.25, 0.3) is 11.4 Å². The molecular weight excluding hydrogens is 298 g/mol. The number of hydrogen-bond donors (Lipinski definition) is 3. The number of hydrogen-bond acceptors (Lipinski definition) is 4. The average Bonchev–Trinajstić information content (AvgIpc) is 3.04. The highest BCUT2D eigenvalue weighted by Gasteiger charge is 2.13. The summed E-state index contributed by atoms with van der Waals surface area (Å²) in [6.45, 7) is 12.7. The minimum Gasteiger partial charge on any atom is -0.381 e. The number of aromatic nitrogens is 3. The third kappa shape index (κ3) is 4.72. The molecule has 24 heavy (non-hydrogen) atoms. The molecule has 0 amide bonds. The standard InChI is InChI=1S/C19H27N5/c1-5-8-17(9-6-2)22-15(4)19-18(13-21-24-19)23-14(3)16-10-7-11-20-12-16/h7,10-13,17,22-23H,3-6,8-9H2,1-2H3,(H,21,24). The summed E-state index contributed by atoms with van der Waals surface area (Å²) in [5, 5.41) is 14.0. The van der Waals surface area contributed by atoms with Gasteiger partial charge in [0.2, 0.25) is 0 Å². The summed E-state index contributed by atoms with van der Waals surface area (Å²) >= 11 is 0. The maximum Gasteiger partial charge on any atom is 0.104 e. The second-order valence-electron chi connectivity index (χ2n) is 5.90. The van der Waals surface area contributed by atoms with Crippen molar-refractivity contribution >= 4 is 17.1 Å². The van der Waals surface area contributed by atoms with Crippen LogP contribution in [0.1, 0.15) is 50.8 Å². The molecule has 0 aliphatic carbocycles. The molecular formula is C19H27N5. The first kappa shape index (κ1) is 17.8. The van der Waals surface area contributed by atoms with Gasteiger partial charge in [-0.1, -0.05) is 39.8 Å². The summed E-state index contributed by atoms with van der Waals surface area (Å²) in [6, 6.07) is 4.29. The normalized spacial score (nSPS) is 10.6. The zero-order valence-corrected chi connectivity index (χ0v) is 14.6. The molecule has 0 aliphatic rings. The SMILES string of the molecule is C=C(Nc1cn[nH]c1C(=C)NC(CCC)CCC)c1cccnc1. The molecule has 0 unspecified atom stereocenters. The van der Waals surface area contributed by atoms with Crippen molar-refractivity contribution in [3.63, 3.8) is 0 Å². The molecule has 5 heteroatoms. The molecule has 0 atom stereocenters. The van der Waals surface area contributed by atoms with Gasteiger partial charge in [-0.2, -0.15) is 5.10 Å². The topological polar surface area (TPSA) is 65.6 Å². The first-order chi connectivity index (χ1) is 11.7. The van der Waals surface area contributed by atoms with Gasteiger partial charge in [0.15, 0.2) is 0 Å². The fraction of sp³-hybridized carbons (Fsp3) is 0.368. The van der Waals surface area contributed by atoms with Crippen molar-refractivity contribution in [2.75, 3.05) is 5.32 Å². The molecule has 0 bridgehead atoms. The lowest BCUT2D eigenvalue weighted by molar-refractivity contribution is 0.502. The molecule has 3 N–H and O–H groups in total. The van der Waals surface area contributed by atoms with Crippen LogP contribution < -0.4 is 10.6 Å². The minimum absolute atomic E-state index is 0.435. The first-order valence-electron chi connectivity index (χ1n) is 8.51. The van der Waals surface area contributed by atoms with Crippen molar-refractivity contribution in [2.24, 2.45) is 0 Å². The monoisotopic (exact) mass is 325 g/mol. The Morgan fingerprint density at radius 3 is 2.54 bits per heavy atom. The van der Waals surface area contributed by atoms with Crippen LogP contribution in [0.4, 0.5) is 5.69 Å². The van der Waals surface area contributed by atoms with E-state index >= 15 is 0 Å². The highest BCUT2D eigenvalue weighted by Crippen LogP contribution is 2.23. The molecule has 0 aromatic carbocycles. The van der Waals surface area contributed by atoms with Crippen molar-refractivity contribution in [3.8, 4) is 0 Å². The van der Waals surface area contributed by atoms with Gasteiger partial charge in [0.25, 0.3) is 0 Å². The molecule has 5 nitrogen and oxygen atoms in total. The van der Waals surface area contributed by atoms with Gasteiger partial charge in [0.05, 0.1) is 17.6 Å². The fourth-order valence-electron chi connectivity index (χ4n) is 2.69. The summed E-state index contributed by atoms with van der Waals surface area (Å²) in [5.74, 6) is 0. The number of rotatable bonds is 10. The Bertz CT molecular complexity index is 653. The Hall–Kier alpha value is -2.56. The van der Waals surface area contributed by atoms with E-state index in [2.05, 4.69) is 52.8 Å². The van der Waals surface area contributed by atoms with E-state index in [4.69, 9.17) is 0 Å². The molecule has 128 valence electrons. The van der Waals surface area contributed by atoms with Crippen molar-refractivity contribution in [1.82, 2.24) is 20.5 Å². The Morgan fingerprint density at radius 1 is 1.17 bits per heavy atom. The largest absolute Gasteiger partial charge is 0.381 e. The molecule has 0 radical (unpaired) electrons. The molecule has 0 aliphatic heterocycles. The van der Waals surface area contributed by atoms with Crippen LogP contribution >= 0.6 is 0 Å². The van der Waals surface area contributed by atoms with Crippen LogP contribution in [0.3, 0.4) is 0 Å². The van der Waals surface area contributed by atoms with Gasteiger partial charge in [-0.05, 0) is 25.0 Å². The molecule has 0 saturated heterocycles. The second kappa shape index (κ2) is 8.91. The Kier molecular flexibility index (Phi) is 6.61. The lowest BCUT2D eigenvalue weighted by Crippen LogP contribution is -2.27. The predicted molar refractivity (Wildman–Crippen MR) is 101 cm³/mol. The van der Waals surface area contributed by atoms with Crippen molar-refractivity contribution < 1.29 is 0 Å². The summed E-state index contributed by atoms with van der Waals surface area (Å²) < 4.78 is 0. The van der Waals surface area contributed by atoms with Gasteiger partial charge >= 0.3 is 0 Å². The lowest BCUT2D eigenvalue weighted by atomic mass is 10.1. The van der Waals surface area contributed by atoms with Crippen LogP contribution in [0.2, 0.25) is 0 Å². The third-order valence-corrected chi connectivity index (χ3v) is 3.89. The van der Waals surface area contributed by atoms with Crippen LogP contribution in [0.15, 0.2) is 43.9 Å². The van der Waals surface area contributed by atoms with E-state index in [9.17, 15) is 0 Å². The molecule has 0 saturated carbocycles. The highest BCUT2D eigenvalue weighted by atomic mass is 15.2. The molecule has 2 heterocycles. The molecule has 2 aromatic heterocycles. The van der Waals surface area contributed by atoms with Gasteiger partial charge in [0, 0.05) is 29.7 Å². The third-order valence-electron chi connectivity index (χ3n) is 3.89.